The van der Waals surface area contributed by atoms with Crippen molar-refractivity contribution in [1.82, 2.24) is 9.97 Å². The molecule has 0 aliphatic rings. The van der Waals surface area contributed by atoms with E-state index in [1.807, 2.05) is 60.3 Å². The predicted molar refractivity (Wildman–Crippen MR) is 80.0 cm³/mol. The van der Waals surface area contributed by atoms with Gasteiger partial charge in [-0.3, -0.25) is 0 Å². The number of nitrogens with zero attached hydrogens (tertiary/aromatic N) is 5. The SMILES string of the molecule is CN(C)c1nccc(N(CCC#N)c2ccccc2)n1. The van der Waals surface area contributed by atoms with Crippen LogP contribution in [0.25, 0.3) is 0 Å². The topological polar surface area (TPSA) is 56.1 Å². The van der Waals surface area contributed by atoms with Crippen molar-refractivity contribution in [2.45, 2.75) is 6.42 Å². The van der Waals surface area contributed by atoms with Gasteiger partial charge in [-0.2, -0.15) is 10.2 Å². The highest BCUT2D eigenvalue weighted by Gasteiger charge is 2.11. The molecular formula is C15H17N5. The largest absolute Gasteiger partial charge is 0.347 e. The Morgan fingerprint density at radius 1 is 1.15 bits per heavy atom. The molecule has 0 N–H and O–H groups in total. The molecule has 102 valence electrons. The van der Waals surface area contributed by atoms with Gasteiger partial charge in [0.2, 0.25) is 5.95 Å². The number of benzene rings is 1. The zero-order chi connectivity index (χ0) is 14.4. The van der Waals surface area contributed by atoms with Gasteiger partial charge in [-0.25, -0.2) is 4.98 Å². The Balaban J connectivity index is 2.36. The van der Waals surface area contributed by atoms with Crippen LogP contribution in [0.2, 0.25) is 0 Å². The van der Waals surface area contributed by atoms with Crippen molar-refractivity contribution in [3.05, 3.63) is 42.6 Å². The monoisotopic (exact) mass is 267 g/mol. The minimum absolute atomic E-state index is 0.441. The van der Waals surface area contributed by atoms with Gasteiger partial charge in [-0.1, -0.05) is 18.2 Å². The lowest BCUT2D eigenvalue weighted by molar-refractivity contribution is 0.907. The molecule has 0 aliphatic carbocycles. The summed E-state index contributed by atoms with van der Waals surface area (Å²) in [4.78, 5) is 12.6. The molecule has 0 bridgehead atoms. The second-order valence-electron chi connectivity index (χ2n) is 4.50. The van der Waals surface area contributed by atoms with Crippen LogP contribution in [0.3, 0.4) is 0 Å². The predicted octanol–water partition coefficient (Wildman–Crippen LogP) is 2.59. The maximum atomic E-state index is 8.83. The molecule has 0 unspecified atom stereocenters. The Labute approximate surface area is 119 Å². The van der Waals surface area contributed by atoms with Gasteiger partial charge < -0.3 is 9.80 Å². The lowest BCUT2D eigenvalue weighted by Gasteiger charge is -2.23. The van der Waals surface area contributed by atoms with Crippen LogP contribution < -0.4 is 9.80 Å². The molecule has 5 nitrogen and oxygen atoms in total. The van der Waals surface area contributed by atoms with Crippen LogP contribution in [0.5, 0.6) is 0 Å². The Kier molecular flexibility index (Phi) is 4.51. The summed E-state index contributed by atoms with van der Waals surface area (Å²) in [5, 5.41) is 8.83. The molecule has 0 saturated heterocycles. The average Bonchev–Trinajstić information content (AvgIpc) is 2.49. The van der Waals surface area contributed by atoms with Gasteiger partial charge in [0, 0.05) is 32.5 Å². The third-order valence-electron chi connectivity index (χ3n) is 2.82. The van der Waals surface area contributed by atoms with Gasteiger partial charge in [0.15, 0.2) is 0 Å². The van der Waals surface area contributed by atoms with Crippen molar-refractivity contribution < 1.29 is 0 Å². The van der Waals surface area contributed by atoms with Crippen molar-refractivity contribution in [3.8, 4) is 6.07 Å². The highest BCUT2D eigenvalue weighted by Crippen LogP contribution is 2.24. The summed E-state index contributed by atoms with van der Waals surface area (Å²) in [5.41, 5.74) is 1.02. The highest BCUT2D eigenvalue weighted by atomic mass is 15.3. The van der Waals surface area contributed by atoms with Gasteiger partial charge in [-0.15, -0.1) is 0 Å². The first-order valence-electron chi connectivity index (χ1n) is 6.42. The molecule has 0 radical (unpaired) electrons. The van der Waals surface area contributed by atoms with Crippen molar-refractivity contribution in [1.29, 1.82) is 5.26 Å². The summed E-state index contributed by atoms with van der Waals surface area (Å²) in [7, 11) is 3.81. The number of nitriles is 1. The third-order valence-corrected chi connectivity index (χ3v) is 2.82. The second kappa shape index (κ2) is 6.53. The van der Waals surface area contributed by atoms with Gasteiger partial charge >= 0.3 is 0 Å². The van der Waals surface area contributed by atoms with Crippen LogP contribution in [-0.2, 0) is 0 Å². The van der Waals surface area contributed by atoms with Crippen molar-refractivity contribution in [3.63, 3.8) is 0 Å². The molecule has 0 fully saturated rings. The van der Waals surface area contributed by atoms with E-state index < -0.39 is 0 Å². The highest BCUT2D eigenvalue weighted by molar-refractivity contribution is 5.60. The van der Waals surface area contributed by atoms with Crippen molar-refractivity contribution in [2.75, 3.05) is 30.4 Å². The lowest BCUT2D eigenvalue weighted by Crippen LogP contribution is -2.21. The third kappa shape index (κ3) is 3.23. The first kappa shape index (κ1) is 13.8. The maximum Gasteiger partial charge on any atom is 0.226 e. The molecule has 0 aliphatic heterocycles. The van der Waals surface area contributed by atoms with E-state index in [1.165, 1.54) is 0 Å². The Bertz CT molecular complexity index is 589. The van der Waals surface area contributed by atoms with Crippen LogP contribution in [0.4, 0.5) is 17.5 Å². The molecule has 0 atom stereocenters. The first-order valence-corrected chi connectivity index (χ1v) is 6.42. The summed E-state index contributed by atoms with van der Waals surface area (Å²) in [5.74, 6) is 1.45. The van der Waals surface area contributed by atoms with Gasteiger partial charge in [0.05, 0.1) is 12.5 Å². The summed E-state index contributed by atoms with van der Waals surface area (Å²) < 4.78 is 0. The fraction of sp³-hybridized carbons (Fsp3) is 0.267. The van der Waals surface area contributed by atoms with E-state index in [0.29, 0.717) is 18.9 Å². The maximum absolute atomic E-state index is 8.83. The van der Waals surface area contributed by atoms with E-state index in [4.69, 9.17) is 5.26 Å². The van der Waals surface area contributed by atoms with Gasteiger partial charge in [-0.05, 0) is 18.2 Å². The van der Waals surface area contributed by atoms with E-state index in [0.717, 1.165) is 11.5 Å². The van der Waals surface area contributed by atoms with Crippen LogP contribution >= 0.6 is 0 Å². The summed E-state index contributed by atoms with van der Waals surface area (Å²) in [6.45, 7) is 0.602. The second-order valence-corrected chi connectivity index (χ2v) is 4.50. The van der Waals surface area contributed by atoms with Crippen LogP contribution in [0.1, 0.15) is 6.42 Å². The van der Waals surface area contributed by atoms with Crippen LogP contribution in [0.15, 0.2) is 42.6 Å². The quantitative estimate of drug-likeness (QED) is 0.833. The van der Waals surface area contributed by atoms with Crippen molar-refractivity contribution in [2.24, 2.45) is 0 Å². The van der Waals surface area contributed by atoms with Crippen LogP contribution in [0, 0.1) is 11.3 Å². The summed E-state index contributed by atoms with van der Waals surface area (Å²) >= 11 is 0. The van der Waals surface area contributed by atoms with Gasteiger partial charge in [0.25, 0.3) is 0 Å². The molecule has 2 rings (SSSR count). The van der Waals surface area contributed by atoms with E-state index in [2.05, 4.69) is 16.0 Å². The van der Waals surface area contributed by atoms with E-state index in [-0.39, 0.29) is 0 Å². The standard InChI is InChI=1S/C15H17N5/c1-19(2)15-17-11-9-14(18-15)20(12-6-10-16)13-7-4-3-5-8-13/h3-5,7-9,11H,6,12H2,1-2H3. The number of hydrogen-bond donors (Lipinski definition) is 0. The average molecular weight is 267 g/mol. The zero-order valence-electron chi connectivity index (χ0n) is 11.7. The molecule has 20 heavy (non-hydrogen) atoms. The molecular weight excluding hydrogens is 250 g/mol. The Morgan fingerprint density at radius 3 is 2.55 bits per heavy atom. The Morgan fingerprint density at radius 2 is 1.90 bits per heavy atom. The molecule has 0 saturated carbocycles. The van der Waals surface area contributed by atoms with Gasteiger partial charge in [0.1, 0.15) is 5.82 Å². The van der Waals surface area contributed by atoms with E-state index in [1.54, 1.807) is 6.20 Å². The van der Waals surface area contributed by atoms with Crippen LogP contribution in [-0.4, -0.2) is 30.6 Å². The number of aromatic nitrogens is 2. The number of rotatable bonds is 5. The molecule has 2 aromatic rings. The fourth-order valence-corrected chi connectivity index (χ4v) is 1.85. The van der Waals surface area contributed by atoms with E-state index in [9.17, 15) is 0 Å². The minimum atomic E-state index is 0.441. The fourth-order valence-electron chi connectivity index (χ4n) is 1.85. The molecule has 1 heterocycles. The first-order chi connectivity index (χ1) is 9.72. The number of anilines is 3. The summed E-state index contributed by atoms with van der Waals surface area (Å²) in [6, 6.07) is 14.0. The van der Waals surface area contributed by atoms with Crippen molar-refractivity contribution >= 4 is 17.5 Å². The molecule has 5 heteroatoms. The molecule has 1 aromatic carbocycles. The Hall–Kier alpha value is -2.61. The number of para-hydroxylation sites is 1. The molecule has 1 aromatic heterocycles. The normalized spacial score (nSPS) is 9.85. The van der Waals surface area contributed by atoms with E-state index >= 15 is 0 Å². The smallest absolute Gasteiger partial charge is 0.226 e. The lowest BCUT2D eigenvalue weighted by atomic mass is 10.2. The molecule has 0 spiro atoms. The minimum Gasteiger partial charge on any atom is -0.347 e. The zero-order valence-corrected chi connectivity index (χ0v) is 11.7. The number of hydrogen-bond acceptors (Lipinski definition) is 5. The summed E-state index contributed by atoms with van der Waals surface area (Å²) in [6.07, 6.45) is 2.18. The molecule has 0 amide bonds.